The minimum absolute atomic E-state index is 0.147. The lowest BCUT2D eigenvalue weighted by Gasteiger charge is -2.17. The van der Waals surface area contributed by atoms with Crippen LogP contribution in [-0.2, 0) is 11.3 Å². The molecule has 0 radical (unpaired) electrons. The number of aryl methyl sites for hydroxylation is 1. The maximum atomic E-state index is 12.6. The molecule has 3 rings (SSSR count). The van der Waals surface area contributed by atoms with Crippen molar-refractivity contribution in [3.8, 4) is 5.75 Å². The summed E-state index contributed by atoms with van der Waals surface area (Å²) in [5.41, 5.74) is 2.27. The van der Waals surface area contributed by atoms with Crippen molar-refractivity contribution in [1.82, 2.24) is 20.1 Å². The summed E-state index contributed by atoms with van der Waals surface area (Å²) in [5.74, 6) is 0.692. The summed E-state index contributed by atoms with van der Waals surface area (Å²) in [7, 11) is 1.55. The molecule has 10 heteroatoms. The average Bonchev–Trinajstić information content (AvgIpc) is 3.25. The Morgan fingerprint density at radius 2 is 1.82 bits per heavy atom. The molecule has 2 amide bonds. The van der Waals surface area contributed by atoms with Crippen LogP contribution in [0, 0.1) is 6.92 Å². The van der Waals surface area contributed by atoms with E-state index < -0.39 is 6.04 Å². The van der Waals surface area contributed by atoms with E-state index in [0.29, 0.717) is 28.8 Å². The van der Waals surface area contributed by atoms with E-state index in [1.807, 2.05) is 38.1 Å². The van der Waals surface area contributed by atoms with Gasteiger partial charge in [0, 0.05) is 17.8 Å². The maximum Gasteiger partial charge on any atom is 0.251 e. The number of aromatic nitrogens is 3. The number of benzene rings is 2. The van der Waals surface area contributed by atoms with E-state index in [1.165, 1.54) is 11.8 Å². The number of aliphatic hydroxyl groups is 1. The highest BCUT2D eigenvalue weighted by Crippen LogP contribution is 2.22. The van der Waals surface area contributed by atoms with E-state index in [9.17, 15) is 14.7 Å². The number of carbonyl (C=O) groups excluding carboxylic acids is 2. The third-order valence-corrected chi connectivity index (χ3v) is 5.85. The molecule has 9 nitrogen and oxygen atoms in total. The number of aliphatic hydroxyl groups excluding tert-OH is 1. The van der Waals surface area contributed by atoms with Crippen LogP contribution in [-0.4, -0.2) is 51.2 Å². The van der Waals surface area contributed by atoms with Crippen molar-refractivity contribution in [2.75, 3.05) is 24.8 Å². The van der Waals surface area contributed by atoms with Gasteiger partial charge in [-0.3, -0.25) is 9.59 Å². The van der Waals surface area contributed by atoms with E-state index >= 15 is 0 Å². The van der Waals surface area contributed by atoms with Gasteiger partial charge >= 0.3 is 0 Å². The van der Waals surface area contributed by atoms with Crippen LogP contribution in [0.3, 0.4) is 0 Å². The number of amides is 2. The number of ether oxygens (including phenoxy) is 1. The van der Waals surface area contributed by atoms with Gasteiger partial charge in [-0.2, -0.15) is 0 Å². The Bertz CT molecular complexity index is 1080. The molecule has 0 bridgehead atoms. The van der Waals surface area contributed by atoms with Crippen molar-refractivity contribution in [2.24, 2.45) is 0 Å². The number of hydrogen-bond donors (Lipinski definition) is 3. The zero-order chi connectivity index (χ0) is 23.8. The van der Waals surface area contributed by atoms with Gasteiger partial charge in [0.05, 0.1) is 19.5 Å². The highest BCUT2D eigenvalue weighted by atomic mass is 32.2. The van der Waals surface area contributed by atoms with E-state index in [1.54, 1.807) is 35.9 Å². The van der Waals surface area contributed by atoms with Crippen LogP contribution in [0.15, 0.2) is 53.7 Å². The number of rotatable bonds is 10. The molecule has 0 aliphatic rings. The molecule has 2 aromatic carbocycles. The minimum Gasteiger partial charge on any atom is -0.497 e. The standard InChI is InChI=1S/C23H27N5O4S/c1-4-28-21(19(13-29)25-22(31)16-7-11-18(32-3)12-8-16)26-27-23(28)33-14-20(30)24-17-9-5-15(2)6-10-17/h5-12,19,29H,4,13-14H2,1-3H3,(H,24,30)(H,25,31). The Kier molecular flexibility index (Phi) is 8.45. The summed E-state index contributed by atoms with van der Waals surface area (Å²) < 4.78 is 6.88. The van der Waals surface area contributed by atoms with Gasteiger partial charge in [0.1, 0.15) is 11.8 Å². The van der Waals surface area contributed by atoms with Crippen molar-refractivity contribution >= 4 is 29.3 Å². The number of thioether (sulfide) groups is 1. The fraction of sp³-hybridized carbons (Fsp3) is 0.304. The first-order valence-electron chi connectivity index (χ1n) is 10.4. The zero-order valence-corrected chi connectivity index (χ0v) is 19.6. The lowest BCUT2D eigenvalue weighted by molar-refractivity contribution is -0.113. The van der Waals surface area contributed by atoms with E-state index in [4.69, 9.17) is 4.74 Å². The molecule has 1 aromatic heterocycles. The molecule has 0 fully saturated rings. The summed E-state index contributed by atoms with van der Waals surface area (Å²) in [6, 6.07) is 13.5. The van der Waals surface area contributed by atoms with Gasteiger partial charge in [0.2, 0.25) is 5.91 Å². The van der Waals surface area contributed by atoms with Gasteiger partial charge in [0.15, 0.2) is 11.0 Å². The SMILES string of the molecule is CCn1c(SCC(=O)Nc2ccc(C)cc2)nnc1C(CO)NC(=O)c1ccc(OC)cc1. The topological polar surface area (TPSA) is 118 Å². The molecular weight excluding hydrogens is 442 g/mol. The quantitative estimate of drug-likeness (QED) is 0.391. The van der Waals surface area contributed by atoms with Crippen LogP contribution >= 0.6 is 11.8 Å². The van der Waals surface area contributed by atoms with Crippen LogP contribution in [0.2, 0.25) is 0 Å². The normalized spacial score (nSPS) is 11.6. The highest BCUT2D eigenvalue weighted by molar-refractivity contribution is 7.99. The molecule has 3 aromatic rings. The predicted octanol–water partition coefficient (Wildman–Crippen LogP) is 2.81. The minimum atomic E-state index is -0.747. The third-order valence-electron chi connectivity index (χ3n) is 4.88. The molecule has 0 aliphatic carbocycles. The molecule has 1 atom stereocenters. The average molecular weight is 470 g/mol. The molecule has 0 aliphatic heterocycles. The molecule has 3 N–H and O–H groups in total. The first kappa shape index (κ1) is 24.3. The molecule has 0 spiro atoms. The Labute approximate surface area is 196 Å². The summed E-state index contributed by atoms with van der Waals surface area (Å²) in [6.07, 6.45) is 0. The van der Waals surface area contributed by atoms with Gasteiger partial charge in [0.25, 0.3) is 5.91 Å². The number of hydrogen-bond acceptors (Lipinski definition) is 7. The Hall–Kier alpha value is -3.37. The van der Waals surface area contributed by atoms with E-state index in [0.717, 1.165) is 11.3 Å². The predicted molar refractivity (Wildman–Crippen MR) is 127 cm³/mol. The van der Waals surface area contributed by atoms with E-state index in [-0.39, 0.29) is 24.2 Å². The molecule has 1 unspecified atom stereocenters. The molecule has 33 heavy (non-hydrogen) atoms. The zero-order valence-electron chi connectivity index (χ0n) is 18.7. The summed E-state index contributed by atoms with van der Waals surface area (Å²) in [4.78, 5) is 24.9. The van der Waals surface area contributed by atoms with Gasteiger partial charge in [-0.1, -0.05) is 29.5 Å². The fourth-order valence-electron chi connectivity index (χ4n) is 3.10. The lowest BCUT2D eigenvalue weighted by Crippen LogP contribution is -2.32. The van der Waals surface area contributed by atoms with E-state index in [2.05, 4.69) is 20.8 Å². The van der Waals surface area contributed by atoms with Crippen molar-refractivity contribution in [1.29, 1.82) is 0 Å². The van der Waals surface area contributed by atoms with Gasteiger partial charge in [-0.15, -0.1) is 10.2 Å². The van der Waals surface area contributed by atoms with Gasteiger partial charge < -0.3 is 25.0 Å². The molecule has 174 valence electrons. The first-order chi connectivity index (χ1) is 15.9. The van der Waals surface area contributed by atoms with Gasteiger partial charge in [-0.05, 0) is 50.2 Å². The molecular formula is C23H27N5O4S. The largest absolute Gasteiger partial charge is 0.497 e. The first-order valence-corrected chi connectivity index (χ1v) is 11.4. The van der Waals surface area contributed by atoms with Crippen LogP contribution < -0.4 is 15.4 Å². The Morgan fingerprint density at radius 1 is 1.12 bits per heavy atom. The number of anilines is 1. The van der Waals surface area contributed by atoms with Crippen molar-refractivity contribution in [3.05, 3.63) is 65.5 Å². The summed E-state index contributed by atoms with van der Waals surface area (Å²) in [6.45, 7) is 4.05. The van der Waals surface area contributed by atoms with Crippen LogP contribution in [0.1, 0.15) is 34.7 Å². The van der Waals surface area contributed by atoms with Crippen molar-refractivity contribution < 1.29 is 19.4 Å². The second-order valence-electron chi connectivity index (χ2n) is 7.23. The molecule has 0 saturated carbocycles. The third kappa shape index (κ3) is 6.33. The second-order valence-corrected chi connectivity index (χ2v) is 8.17. The Morgan fingerprint density at radius 3 is 2.42 bits per heavy atom. The fourth-order valence-corrected chi connectivity index (χ4v) is 3.91. The molecule has 1 heterocycles. The van der Waals surface area contributed by atoms with Crippen molar-refractivity contribution in [3.63, 3.8) is 0 Å². The van der Waals surface area contributed by atoms with Crippen LogP contribution in [0.25, 0.3) is 0 Å². The Balaban J connectivity index is 1.65. The van der Waals surface area contributed by atoms with Gasteiger partial charge in [-0.25, -0.2) is 0 Å². The number of nitrogens with zero attached hydrogens (tertiary/aromatic N) is 3. The van der Waals surface area contributed by atoms with Crippen LogP contribution in [0.4, 0.5) is 5.69 Å². The van der Waals surface area contributed by atoms with Crippen molar-refractivity contribution in [2.45, 2.75) is 31.6 Å². The monoisotopic (exact) mass is 469 g/mol. The molecule has 0 saturated heterocycles. The number of nitrogens with one attached hydrogen (secondary N) is 2. The number of methoxy groups -OCH3 is 1. The van der Waals surface area contributed by atoms with Crippen LogP contribution in [0.5, 0.6) is 5.75 Å². The smallest absolute Gasteiger partial charge is 0.251 e. The lowest BCUT2D eigenvalue weighted by atomic mass is 10.2. The number of carbonyl (C=O) groups is 2. The second kappa shape index (κ2) is 11.5. The highest BCUT2D eigenvalue weighted by Gasteiger charge is 2.23. The maximum absolute atomic E-state index is 12.6. The summed E-state index contributed by atoms with van der Waals surface area (Å²) >= 11 is 1.24. The summed E-state index contributed by atoms with van der Waals surface area (Å²) in [5, 5.41) is 24.4.